The van der Waals surface area contributed by atoms with E-state index in [0.29, 0.717) is 34.8 Å². The molecule has 4 N–H and O–H groups in total. The first kappa shape index (κ1) is 22.9. The van der Waals surface area contributed by atoms with Gasteiger partial charge in [0.15, 0.2) is 0 Å². The predicted octanol–water partition coefficient (Wildman–Crippen LogP) is 1.71. The number of amides is 2. The largest absolute Gasteiger partial charge is 0.468 e. The van der Waals surface area contributed by atoms with Crippen LogP contribution in [0.25, 0.3) is 11.0 Å². The third kappa shape index (κ3) is 4.75. The molecule has 2 amide bonds. The molecule has 174 valence electrons. The van der Waals surface area contributed by atoms with Gasteiger partial charge in [0.1, 0.15) is 17.9 Å². The Kier molecular flexibility index (Phi) is 6.46. The van der Waals surface area contributed by atoms with Gasteiger partial charge in [-0.1, -0.05) is 6.08 Å². The summed E-state index contributed by atoms with van der Waals surface area (Å²) < 4.78 is 6.71. The fraction of sp³-hybridized carbons (Fsp3) is 0.391. The molecule has 2 aliphatic carbocycles. The van der Waals surface area contributed by atoms with Gasteiger partial charge < -0.3 is 25.7 Å². The number of imidazole rings is 1. The van der Waals surface area contributed by atoms with Gasteiger partial charge in [-0.2, -0.15) is 12.6 Å². The van der Waals surface area contributed by atoms with Gasteiger partial charge in [0, 0.05) is 23.7 Å². The lowest BCUT2D eigenvalue weighted by molar-refractivity contribution is -0.139. The summed E-state index contributed by atoms with van der Waals surface area (Å²) in [7, 11) is 1.26. The number of nitrogens with zero attached hydrogens (tertiary/aromatic N) is 2. The second kappa shape index (κ2) is 9.30. The highest BCUT2D eigenvalue weighted by atomic mass is 32.1. The summed E-state index contributed by atoms with van der Waals surface area (Å²) in [5.74, 6) is 0.0540. The monoisotopic (exact) mass is 469 g/mol. The minimum atomic E-state index is -0.895. The van der Waals surface area contributed by atoms with Crippen LogP contribution in [-0.2, 0) is 19.9 Å². The molecule has 4 rings (SSSR count). The number of nitrogens with one attached hydrogen (secondary N) is 2. The van der Waals surface area contributed by atoms with Crippen molar-refractivity contribution in [3.8, 4) is 0 Å². The molecule has 0 bridgehead atoms. The topological polar surface area (TPSA) is 128 Å². The lowest BCUT2D eigenvalue weighted by atomic mass is 9.88. The van der Waals surface area contributed by atoms with E-state index in [9.17, 15) is 14.4 Å². The van der Waals surface area contributed by atoms with Crippen molar-refractivity contribution in [2.45, 2.75) is 37.3 Å². The lowest BCUT2D eigenvalue weighted by Gasteiger charge is -2.33. The van der Waals surface area contributed by atoms with Crippen molar-refractivity contribution in [1.29, 1.82) is 0 Å². The second-order valence-electron chi connectivity index (χ2n) is 8.24. The quantitative estimate of drug-likeness (QED) is 0.344. The Labute approximate surface area is 196 Å². The van der Waals surface area contributed by atoms with Crippen molar-refractivity contribution >= 4 is 41.4 Å². The molecule has 0 radical (unpaired) electrons. The first-order valence-corrected chi connectivity index (χ1v) is 11.4. The number of aromatic nitrogens is 2. The SMILES string of the molecule is COC(=O)CNC(=O)c1ccc2c(c1)nc(C1(NC(=O)CCS)C=C(N)C=CC1)n2C1CC1. The van der Waals surface area contributed by atoms with Crippen LogP contribution >= 0.6 is 12.6 Å². The molecule has 10 heteroatoms. The van der Waals surface area contributed by atoms with E-state index < -0.39 is 17.4 Å². The number of nitrogens with two attached hydrogens (primary N) is 1. The Balaban J connectivity index is 1.76. The van der Waals surface area contributed by atoms with Gasteiger partial charge in [0.2, 0.25) is 5.91 Å². The summed E-state index contributed by atoms with van der Waals surface area (Å²) >= 11 is 4.18. The summed E-state index contributed by atoms with van der Waals surface area (Å²) in [6, 6.07) is 5.52. The zero-order chi connectivity index (χ0) is 23.6. The Morgan fingerprint density at radius 2 is 2.12 bits per heavy atom. The van der Waals surface area contributed by atoms with Gasteiger partial charge in [-0.25, -0.2) is 4.98 Å². The highest BCUT2D eigenvalue weighted by molar-refractivity contribution is 7.80. The summed E-state index contributed by atoms with van der Waals surface area (Å²) in [5.41, 5.74) is 7.69. The Morgan fingerprint density at radius 1 is 1.33 bits per heavy atom. The van der Waals surface area contributed by atoms with Crippen LogP contribution in [0.3, 0.4) is 0 Å². The van der Waals surface area contributed by atoms with Crippen LogP contribution < -0.4 is 16.4 Å². The molecule has 1 aromatic heterocycles. The van der Waals surface area contributed by atoms with Crippen LogP contribution in [-0.4, -0.2) is 46.7 Å². The van der Waals surface area contributed by atoms with Gasteiger partial charge in [-0.3, -0.25) is 14.4 Å². The molecule has 2 aromatic rings. The number of carbonyl (C=O) groups excluding carboxylic acids is 3. The zero-order valence-electron chi connectivity index (χ0n) is 18.3. The zero-order valence-corrected chi connectivity index (χ0v) is 19.2. The highest BCUT2D eigenvalue weighted by Gasteiger charge is 2.41. The minimum Gasteiger partial charge on any atom is -0.468 e. The fourth-order valence-electron chi connectivity index (χ4n) is 4.07. The van der Waals surface area contributed by atoms with Crippen LogP contribution in [0.5, 0.6) is 0 Å². The Hall–Kier alpha value is -3.27. The molecule has 0 spiro atoms. The van der Waals surface area contributed by atoms with Gasteiger partial charge in [-0.05, 0) is 55.4 Å². The average Bonchev–Trinajstić information content (AvgIpc) is 3.56. The van der Waals surface area contributed by atoms with Gasteiger partial charge in [0.05, 0.1) is 18.1 Å². The van der Waals surface area contributed by atoms with E-state index in [1.54, 1.807) is 12.1 Å². The van der Waals surface area contributed by atoms with E-state index in [4.69, 9.17) is 10.7 Å². The maximum atomic E-state index is 12.6. The number of rotatable bonds is 8. The third-order valence-electron chi connectivity index (χ3n) is 5.75. The standard InChI is InChI=1S/C23H27N5O4S/c1-32-20(30)13-25-21(31)14-4-7-18-17(11-14)26-22(28(18)16-5-6-16)23(27-19(29)8-10-33)9-2-3-15(24)12-23/h2-4,7,11-12,16,33H,5-6,8-10,13,24H2,1H3,(H,25,31)(H,27,29). The maximum absolute atomic E-state index is 12.6. The Morgan fingerprint density at radius 3 is 2.79 bits per heavy atom. The molecule has 1 fully saturated rings. The molecule has 1 atom stereocenters. The molecular formula is C23H27N5O4S. The van der Waals surface area contributed by atoms with Crippen molar-refractivity contribution in [2.75, 3.05) is 19.4 Å². The van der Waals surface area contributed by atoms with E-state index in [-0.39, 0.29) is 24.9 Å². The van der Waals surface area contributed by atoms with Crippen LogP contribution in [0.15, 0.2) is 42.1 Å². The third-order valence-corrected chi connectivity index (χ3v) is 5.97. The van der Waals surface area contributed by atoms with Crippen molar-refractivity contribution < 1.29 is 19.1 Å². The number of hydrogen-bond acceptors (Lipinski definition) is 7. The number of ether oxygens (including phenoxy) is 1. The summed E-state index contributed by atoms with van der Waals surface area (Å²) in [6.45, 7) is -0.216. The summed E-state index contributed by atoms with van der Waals surface area (Å²) in [5, 5.41) is 5.67. The number of hydrogen-bond donors (Lipinski definition) is 4. The number of esters is 1. The van der Waals surface area contributed by atoms with Crippen molar-refractivity contribution in [3.05, 3.63) is 53.5 Å². The molecule has 1 saturated carbocycles. The normalized spacial score (nSPS) is 19.8. The summed E-state index contributed by atoms with van der Waals surface area (Å²) in [4.78, 5) is 41.4. The van der Waals surface area contributed by atoms with Crippen molar-refractivity contribution in [1.82, 2.24) is 20.2 Å². The van der Waals surface area contributed by atoms with Crippen molar-refractivity contribution in [3.63, 3.8) is 0 Å². The van der Waals surface area contributed by atoms with Gasteiger partial charge >= 0.3 is 5.97 Å². The molecule has 0 aliphatic heterocycles. The van der Waals surface area contributed by atoms with Crippen LogP contribution in [0.1, 0.15) is 47.9 Å². The lowest BCUT2D eigenvalue weighted by Crippen LogP contribution is -2.47. The van der Waals surface area contributed by atoms with E-state index >= 15 is 0 Å². The number of thiol groups is 1. The number of fused-ring (bicyclic) bond motifs is 1. The second-order valence-corrected chi connectivity index (χ2v) is 8.69. The first-order chi connectivity index (χ1) is 15.9. The molecule has 2 aliphatic rings. The number of methoxy groups -OCH3 is 1. The van der Waals surface area contributed by atoms with Crippen molar-refractivity contribution in [2.24, 2.45) is 5.73 Å². The molecule has 33 heavy (non-hydrogen) atoms. The molecule has 9 nitrogen and oxygen atoms in total. The maximum Gasteiger partial charge on any atom is 0.325 e. The highest BCUT2D eigenvalue weighted by Crippen LogP contribution is 2.43. The first-order valence-electron chi connectivity index (χ1n) is 10.8. The average molecular weight is 470 g/mol. The summed E-state index contributed by atoms with van der Waals surface area (Å²) in [6.07, 6.45) is 8.39. The predicted molar refractivity (Wildman–Crippen MR) is 127 cm³/mol. The minimum absolute atomic E-state index is 0.137. The fourth-order valence-corrected chi connectivity index (χ4v) is 4.27. The van der Waals surface area contributed by atoms with E-state index in [0.717, 1.165) is 18.4 Å². The van der Waals surface area contributed by atoms with Crippen LogP contribution in [0, 0.1) is 0 Å². The number of carbonyl (C=O) groups is 3. The molecule has 1 unspecified atom stereocenters. The number of allylic oxidation sites excluding steroid dienone is 1. The Bertz CT molecular complexity index is 1170. The smallest absolute Gasteiger partial charge is 0.325 e. The van der Waals surface area contributed by atoms with E-state index in [1.807, 2.05) is 24.3 Å². The molecule has 1 aromatic carbocycles. The van der Waals surface area contributed by atoms with Gasteiger partial charge in [-0.15, -0.1) is 0 Å². The van der Waals surface area contributed by atoms with Crippen LogP contribution in [0.2, 0.25) is 0 Å². The number of benzene rings is 1. The van der Waals surface area contributed by atoms with E-state index in [2.05, 4.69) is 32.6 Å². The van der Waals surface area contributed by atoms with Gasteiger partial charge in [0.25, 0.3) is 5.91 Å². The molecular weight excluding hydrogens is 442 g/mol. The van der Waals surface area contributed by atoms with Crippen LogP contribution in [0.4, 0.5) is 0 Å². The molecule has 1 heterocycles. The van der Waals surface area contributed by atoms with E-state index in [1.165, 1.54) is 7.11 Å². The molecule has 0 saturated heterocycles.